The minimum atomic E-state index is 0.546. The number of likely N-dealkylation sites (N-methyl/N-ethyl adjacent to an activating group) is 1. The van der Waals surface area contributed by atoms with Gasteiger partial charge < -0.3 is 15.5 Å². The number of rotatable bonds is 3. The van der Waals surface area contributed by atoms with E-state index >= 15 is 0 Å². The summed E-state index contributed by atoms with van der Waals surface area (Å²) < 4.78 is 0. The number of nitrogens with zero attached hydrogens (tertiary/aromatic N) is 4. The number of aromatic nitrogens is 2. The summed E-state index contributed by atoms with van der Waals surface area (Å²) in [6, 6.07) is 15.1. The lowest BCUT2D eigenvalue weighted by molar-refractivity contribution is 0.312. The number of anilines is 2. The molecule has 0 spiro atoms. The molecule has 0 atom stereocenters. The van der Waals surface area contributed by atoms with Gasteiger partial charge in [0.2, 0.25) is 0 Å². The van der Waals surface area contributed by atoms with Crippen molar-refractivity contribution >= 4 is 22.3 Å². The first-order valence-corrected chi connectivity index (χ1v) is 11.1. The highest BCUT2D eigenvalue weighted by Crippen LogP contribution is 2.35. The number of hydrogen-bond acceptors (Lipinski definition) is 5. The van der Waals surface area contributed by atoms with Gasteiger partial charge in [-0.2, -0.15) is 0 Å². The van der Waals surface area contributed by atoms with Crippen LogP contribution in [0.2, 0.25) is 0 Å². The Bertz CT molecular complexity index is 1270. The van der Waals surface area contributed by atoms with Crippen LogP contribution in [-0.2, 0) is 0 Å². The normalized spacial score (nSPS) is 14.8. The van der Waals surface area contributed by atoms with Crippen LogP contribution in [0.5, 0.6) is 0 Å². The number of fused-ring (bicyclic) bond motifs is 1. The Hall–Kier alpha value is -3.44. The van der Waals surface area contributed by atoms with Crippen molar-refractivity contribution in [2.24, 2.45) is 0 Å². The molecule has 5 heteroatoms. The van der Waals surface area contributed by atoms with Gasteiger partial charge in [-0.05, 0) is 78.9 Å². The quantitative estimate of drug-likeness (QED) is 0.507. The summed E-state index contributed by atoms with van der Waals surface area (Å²) in [7, 11) is 2.19. The number of aryl methyl sites for hydroxylation is 2. The van der Waals surface area contributed by atoms with Crippen molar-refractivity contribution in [2.75, 3.05) is 43.9 Å². The smallest absolute Gasteiger partial charge is 0.131 e. The first-order chi connectivity index (χ1) is 15.5. The van der Waals surface area contributed by atoms with E-state index in [2.05, 4.69) is 77.1 Å². The number of hydrogen-bond donors (Lipinski definition) is 1. The maximum absolute atomic E-state index is 6.30. The van der Waals surface area contributed by atoms with Gasteiger partial charge in [-0.3, -0.25) is 4.98 Å². The summed E-state index contributed by atoms with van der Waals surface area (Å²) in [5.74, 6) is 0.546. The molecule has 1 fully saturated rings. The van der Waals surface area contributed by atoms with Crippen LogP contribution in [0.1, 0.15) is 11.1 Å². The zero-order valence-electron chi connectivity index (χ0n) is 19.0. The Balaban J connectivity index is 1.52. The van der Waals surface area contributed by atoms with E-state index in [4.69, 9.17) is 5.73 Å². The van der Waals surface area contributed by atoms with Crippen molar-refractivity contribution in [2.45, 2.75) is 13.8 Å². The highest BCUT2D eigenvalue weighted by Gasteiger charge is 2.19. The predicted molar refractivity (Wildman–Crippen MR) is 134 cm³/mol. The molecule has 2 aromatic heterocycles. The van der Waals surface area contributed by atoms with Crippen LogP contribution in [-0.4, -0.2) is 48.1 Å². The summed E-state index contributed by atoms with van der Waals surface area (Å²) in [6.45, 7) is 8.78. The van der Waals surface area contributed by atoms with Crippen molar-refractivity contribution in [3.05, 3.63) is 72.2 Å². The van der Waals surface area contributed by atoms with Crippen molar-refractivity contribution in [3.63, 3.8) is 0 Å². The first-order valence-electron chi connectivity index (χ1n) is 11.1. The van der Waals surface area contributed by atoms with Gasteiger partial charge in [-0.1, -0.05) is 12.1 Å². The lowest BCUT2D eigenvalue weighted by Gasteiger charge is -2.36. The zero-order valence-corrected chi connectivity index (χ0v) is 19.0. The SMILES string of the molecule is Cc1cc(-c2cnc(N)c(-c3ccc4cnccc4c3)c2)cc(C)c1N1CCN(C)CC1. The Morgan fingerprint density at radius 1 is 0.781 bits per heavy atom. The van der Waals surface area contributed by atoms with Crippen molar-refractivity contribution < 1.29 is 0 Å². The molecule has 1 aliphatic rings. The number of benzene rings is 2. The van der Waals surface area contributed by atoms with E-state index < -0.39 is 0 Å². The lowest BCUT2D eigenvalue weighted by Crippen LogP contribution is -2.45. The monoisotopic (exact) mass is 423 g/mol. The molecule has 1 aliphatic heterocycles. The lowest BCUT2D eigenvalue weighted by atomic mass is 9.96. The van der Waals surface area contributed by atoms with Crippen molar-refractivity contribution in [3.8, 4) is 22.3 Å². The van der Waals surface area contributed by atoms with E-state index in [1.54, 1.807) is 0 Å². The van der Waals surface area contributed by atoms with Crippen LogP contribution in [0.3, 0.4) is 0 Å². The largest absolute Gasteiger partial charge is 0.383 e. The molecule has 162 valence electrons. The molecule has 5 nitrogen and oxygen atoms in total. The number of piperazine rings is 1. The maximum atomic E-state index is 6.30. The van der Waals surface area contributed by atoms with Crippen LogP contribution in [0.15, 0.2) is 61.1 Å². The van der Waals surface area contributed by atoms with E-state index in [0.717, 1.165) is 53.6 Å². The minimum absolute atomic E-state index is 0.546. The summed E-state index contributed by atoms with van der Waals surface area (Å²) in [6.07, 6.45) is 5.58. The van der Waals surface area contributed by atoms with E-state index in [9.17, 15) is 0 Å². The fraction of sp³-hybridized carbons (Fsp3) is 0.259. The Morgan fingerprint density at radius 3 is 2.28 bits per heavy atom. The van der Waals surface area contributed by atoms with Gasteiger partial charge in [0.25, 0.3) is 0 Å². The molecule has 0 radical (unpaired) electrons. The maximum Gasteiger partial charge on any atom is 0.131 e. The molecule has 0 unspecified atom stereocenters. The highest BCUT2D eigenvalue weighted by atomic mass is 15.2. The molecule has 4 aromatic rings. The van der Waals surface area contributed by atoms with Gasteiger partial charge in [0.15, 0.2) is 0 Å². The van der Waals surface area contributed by atoms with Crippen LogP contribution in [0.4, 0.5) is 11.5 Å². The second-order valence-corrected chi connectivity index (χ2v) is 8.84. The van der Waals surface area contributed by atoms with Crippen LogP contribution in [0.25, 0.3) is 33.0 Å². The second-order valence-electron chi connectivity index (χ2n) is 8.84. The molecule has 0 saturated carbocycles. The first kappa shape index (κ1) is 20.5. The van der Waals surface area contributed by atoms with E-state index in [1.165, 1.54) is 22.4 Å². The van der Waals surface area contributed by atoms with Gasteiger partial charge in [-0.15, -0.1) is 0 Å². The third-order valence-electron chi connectivity index (χ3n) is 6.51. The average molecular weight is 424 g/mol. The summed E-state index contributed by atoms with van der Waals surface area (Å²) in [5, 5.41) is 2.26. The molecule has 0 bridgehead atoms. The molecule has 3 heterocycles. The van der Waals surface area contributed by atoms with Gasteiger partial charge >= 0.3 is 0 Å². The summed E-state index contributed by atoms with van der Waals surface area (Å²) in [5.41, 5.74) is 14.6. The van der Waals surface area contributed by atoms with Gasteiger partial charge in [0, 0.05) is 67.0 Å². The molecular formula is C27H29N5. The van der Waals surface area contributed by atoms with E-state index in [-0.39, 0.29) is 0 Å². The molecule has 32 heavy (non-hydrogen) atoms. The van der Waals surface area contributed by atoms with Crippen molar-refractivity contribution in [1.82, 2.24) is 14.9 Å². The second kappa shape index (κ2) is 8.24. The Kier molecular flexibility index (Phi) is 5.27. The number of nitrogens with two attached hydrogens (primary N) is 1. The van der Waals surface area contributed by atoms with E-state index in [0.29, 0.717) is 5.82 Å². The van der Waals surface area contributed by atoms with E-state index in [1.807, 2.05) is 24.7 Å². The molecule has 5 rings (SSSR count). The van der Waals surface area contributed by atoms with Crippen LogP contribution >= 0.6 is 0 Å². The number of pyridine rings is 2. The van der Waals surface area contributed by atoms with Crippen LogP contribution < -0.4 is 10.6 Å². The highest BCUT2D eigenvalue weighted by molar-refractivity contribution is 5.89. The average Bonchev–Trinajstić information content (AvgIpc) is 2.80. The third-order valence-corrected chi connectivity index (χ3v) is 6.51. The summed E-state index contributed by atoms with van der Waals surface area (Å²) in [4.78, 5) is 13.7. The standard InChI is InChI=1S/C27H29N5/c1-18-12-23(13-19(2)26(18)32-10-8-31(3)9-11-32)24-15-25(27(28)30-17-24)21-4-5-22-16-29-7-6-20(22)14-21/h4-7,12-17H,8-11H2,1-3H3,(H2,28,30). The Morgan fingerprint density at radius 2 is 1.53 bits per heavy atom. The molecule has 2 aromatic carbocycles. The third kappa shape index (κ3) is 3.80. The zero-order chi connectivity index (χ0) is 22.2. The molecule has 1 saturated heterocycles. The van der Waals surface area contributed by atoms with Crippen molar-refractivity contribution in [1.29, 1.82) is 0 Å². The van der Waals surface area contributed by atoms with Gasteiger partial charge in [0.05, 0.1) is 0 Å². The molecule has 2 N–H and O–H groups in total. The molecule has 0 aliphatic carbocycles. The predicted octanol–water partition coefficient (Wildman–Crippen LogP) is 4.91. The topological polar surface area (TPSA) is 58.3 Å². The summed E-state index contributed by atoms with van der Waals surface area (Å²) >= 11 is 0. The minimum Gasteiger partial charge on any atom is -0.383 e. The van der Waals surface area contributed by atoms with Crippen LogP contribution in [0, 0.1) is 13.8 Å². The van der Waals surface area contributed by atoms with Gasteiger partial charge in [0.1, 0.15) is 5.82 Å². The van der Waals surface area contributed by atoms with Gasteiger partial charge in [-0.25, -0.2) is 4.98 Å². The molecule has 0 amide bonds. The number of nitrogen functional groups attached to an aromatic ring is 1. The molecular weight excluding hydrogens is 394 g/mol. The fourth-order valence-electron chi connectivity index (χ4n) is 4.77. The fourth-order valence-corrected chi connectivity index (χ4v) is 4.77. The Labute approximate surface area is 189 Å².